The quantitative estimate of drug-likeness (QED) is 0.753. The van der Waals surface area contributed by atoms with Gasteiger partial charge in [0.25, 0.3) is 5.91 Å². The lowest BCUT2D eigenvalue weighted by Gasteiger charge is -2.40. The molecule has 0 aromatic carbocycles. The average Bonchev–Trinajstić information content (AvgIpc) is 3.29. The van der Waals surface area contributed by atoms with Crippen LogP contribution in [0.15, 0.2) is 42.7 Å². The molecule has 0 spiro atoms. The van der Waals surface area contributed by atoms with Crippen molar-refractivity contribution in [3.63, 3.8) is 0 Å². The van der Waals surface area contributed by atoms with Crippen LogP contribution < -0.4 is 10.2 Å². The Hall–Kier alpha value is -2.51. The van der Waals surface area contributed by atoms with Gasteiger partial charge in [-0.05, 0) is 63.4 Å². The molecule has 2 aliphatic heterocycles. The highest BCUT2D eigenvalue weighted by Gasteiger charge is 2.30. The fourth-order valence-electron chi connectivity index (χ4n) is 5.78. The van der Waals surface area contributed by atoms with E-state index in [2.05, 4.69) is 30.0 Å². The average molecular weight is 449 g/mol. The predicted octanol–water partition coefficient (Wildman–Crippen LogP) is 3.65. The molecule has 2 saturated heterocycles. The molecule has 2 aromatic heterocycles. The fraction of sp³-hybridized carbons (Fsp3) is 0.577. The van der Waals surface area contributed by atoms with E-state index in [-0.39, 0.29) is 5.91 Å². The molecule has 1 aliphatic carbocycles. The van der Waals surface area contributed by atoms with Crippen molar-refractivity contribution < 1.29 is 4.79 Å². The summed E-state index contributed by atoms with van der Waals surface area (Å²) in [6.45, 7) is 6.78. The molecule has 1 N–H and O–H groups in total. The van der Waals surface area contributed by atoms with Crippen molar-refractivity contribution in [3.05, 3.63) is 48.4 Å². The van der Waals surface area contributed by atoms with E-state index in [0.717, 1.165) is 49.6 Å². The highest BCUT2D eigenvalue weighted by Crippen LogP contribution is 2.28. The first-order chi connectivity index (χ1) is 16.3. The van der Waals surface area contributed by atoms with Crippen LogP contribution in [-0.4, -0.2) is 77.0 Å². The smallest absolute Gasteiger partial charge is 0.274 e. The number of aromatic nitrogens is 2. The Bertz CT molecular complexity index is 908. The predicted molar refractivity (Wildman–Crippen MR) is 132 cm³/mol. The first-order valence-corrected chi connectivity index (χ1v) is 12.7. The Labute approximate surface area is 197 Å². The summed E-state index contributed by atoms with van der Waals surface area (Å²) in [4.78, 5) is 29.1. The van der Waals surface area contributed by atoms with Crippen LogP contribution in [0, 0.1) is 0 Å². The summed E-state index contributed by atoms with van der Waals surface area (Å²) in [7, 11) is 0. The summed E-state index contributed by atoms with van der Waals surface area (Å²) in [5.74, 6) is 0.741. The normalized spacial score (nSPS) is 21.8. The molecule has 1 saturated carbocycles. The van der Waals surface area contributed by atoms with Crippen LogP contribution in [-0.2, 0) is 0 Å². The van der Waals surface area contributed by atoms with Crippen LogP contribution in [0.3, 0.4) is 0 Å². The van der Waals surface area contributed by atoms with E-state index in [1.54, 1.807) is 18.5 Å². The number of nitrogens with one attached hydrogen (secondary N) is 1. The monoisotopic (exact) mass is 448 g/mol. The zero-order chi connectivity index (χ0) is 22.5. The second kappa shape index (κ2) is 10.6. The molecule has 0 bridgehead atoms. The molecule has 5 rings (SSSR count). The highest BCUT2D eigenvalue weighted by atomic mass is 16.1. The lowest BCUT2D eigenvalue weighted by Crippen LogP contribution is -2.48. The summed E-state index contributed by atoms with van der Waals surface area (Å²) >= 11 is 0. The number of amides is 1. The molecule has 1 amide bonds. The van der Waals surface area contributed by atoms with Crippen molar-refractivity contribution in [1.82, 2.24) is 19.8 Å². The highest BCUT2D eigenvalue weighted by molar-refractivity contribution is 6.02. The maximum Gasteiger partial charge on any atom is 0.274 e. The molecule has 2 aromatic rings. The van der Waals surface area contributed by atoms with E-state index in [1.807, 2.05) is 24.3 Å². The number of hydrogen-bond acceptors (Lipinski definition) is 6. The van der Waals surface area contributed by atoms with Gasteiger partial charge in [0.2, 0.25) is 0 Å². The van der Waals surface area contributed by atoms with Crippen molar-refractivity contribution in [2.24, 2.45) is 0 Å². The van der Waals surface area contributed by atoms with E-state index in [4.69, 9.17) is 0 Å². The Morgan fingerprint density at radius 1 is 0.788 bits per heavy atom. The van der Waals surface area contributed by atoms with Gasteiger partial charge in [0, 0.05) is 62.4 Å². The van der Waals surface area contributed by atoms with Gasteiger partial charge in [0.05, 0.1) is 0 Å². The van der Waals surface area contributed by atoms with Crippen molar-refractivity contribution in [2.75, 3.05) is 49.5 Å². The van der Waals surface area contributed by atoms with Gasteiger partial charge in [0.15, 0.2) is 0 Å². The number of rotatable bonds is 5. The molecule has 0 atom stereocenters. The van der Waals surface area contributed by atoms with Crippen molar-refractivity contribution in [2.45, 2.75) is 57.0 Å². The maximum absolute atomic E-state index is 12.5. The standard InChI is InChI=1S/C26H36N6O/c33-26(24-8-3-4-12-27-24)29-21-9-13-28-25(20-21)32-15-5-14-30(18-19-32)23-10-16-31(17-11-23)22-6-1-2-7-22/h3-4,8-9,12-13,20,22-23H,1-2,5-7,10-11,14-19H2,(H,28,29,33). The number of nitrogens with zero attached hydrogens (tertiary/aromatic N) is 5. The first-order valence-electron chi connectivity index (χ1n) is 12.7. The van der Waals surface area contributed by atoms with Crippen molar-refractivity contribution in [3.8, 4) is 0 Å². The number of pyridine rings is 2. The second-order valence-electron chi connectivity index (χ2n) is 9.65. The Morgan fingerprint density at radius 3 is 2.36 bits per heavy atom. The van der Waals surface area contributed by atoms with Gasteiger partial charge in [-0.2, -0.15) is 0 Å². The van der Waals surface area contributed by atoms with Crippen LogP contribution in [0.25, 0.3) is 0 Å². The number of carbonyl (C=O) groups is 1. The van der Waals surface area contributed by atoms with Crippen LogP contribution in [0.4, 0.5) is 11.5 Å². The summed E-state index contributed by atoms with van der Waals surface area (Å²) < 4.78 is 0. The number of likely N-dealkylation sites (tertiary alicyclic amines) is 1. The number of anilines is 2. The Morgan fingerprint density at radius 2 is 1.58 bits per heavy atom. The van der Waals surface area contributed by atoms with E-state index >= 15 is 0 Å². The minimum Gasteiger partial charge on any atom is -0.355 e. The molecule has 3 fully saturated rings. The summed E-state index contributed by atoms with van der Waals surface area (Å²) in [5.41, 5.74) is 1.18. The van der Waals surface area contributed by atoms with Crippen LogP contribution in [0.5, 0.6) is 0 Å². The number of piperidine rings is 1. The molecule has 0 unspecified atom stereocenters. The minimum absolute atomic E-state index is 0.196. The lowest BCUT2D eigenvalue weighted by molar-refractivity contribution is 0.0884. The summed E-state index contributed by atoms with van der Waals surface area (Å²) in [6.07, 6.45) is 12.9. The van der Waals surface area contributed by atoms with E-state index in [0.29, 0.717) is 5.69 Å². The molecular weight excluding hydrogens is 412 g/mol. The minimum atomic E-state index is -0.196. The largest absolute Gasteiger partial charge is 0.355 e. The maximum atomic E-state index is 12.5. The van der Waals surface area contributed by atoms with Crippen LogP contribution in [0.1, 0.15) is 55.4 Å². The SMILES string of the molecule is O=C(Nc1ccnc(N2CCCN(C3CCN(C4CCCC4)CC3)CC2)c1)c1ccccn1. The van der Waals surface area contributed by atoms with Gasteiger partial charge >= 0.3 is 0 Å². The van der Waals surface area contributed by atoms with Crippen LogP contribution >= 0.6 is 0 Å². The third kappa shape index (κ3) is 5.53. The first kappa shape index (κ1) is 22.3. The Balaban J connectivity index is 1.15. The van der Waals surface area contributed by atoms with Gasteiger partial charge in [0.1, 0.15) is 11.5 Å². The van der Waals surface area contributed by atoms with Gasteiger partial charge in [-0.15, -0.1) is 0 Å². The van der Waals surface area contributed by atoms with Gasteiger partial charge in [-0.1, -0.05) is 18.9 Å². The van der Waals surface area contributed by atoms with E-state index < -0.39 is 0 Å². The van der Waals surface area contributed by atoms with E-state index in [1.165, 1.54) is 58.2 Å². The number of hydrogen-bond donors (Lipinski definition) is 1. The second-order valence-corrected chi connectivity index (χ2v) is 9.65. The van der Waals surface area contributed by atoms with Crippen LogP contribution in [0.2, 0.25) is 0 Å². The molecule has 176 valence electrons. The molecule has 3 aliphatic rings. The van der Waals surface area contributed by atoms with Gasteiger partial charge in [-0.25, -0.2) is 4.98 Å². The van der Waals surface area contributed by atoms with Gasteiger partial charge < -0.3 is 15.1 Å². The third-order valence-corrected chi connectivity index (χ3v) is 7.61. The lowest BCUT2D eigenvalue weighted by atomic mass is 10.0. The Kier molecular flexibility index (Phi) is 7.17. The van der Waals surface area contributed by atoms with Crippen molar-refractivity contribution in [1.29, 1.82) is 0 Å². The zero-order valence-electron chi connectivity index (χ0n) is 19.5. The van der Waals surface area contributed by atoms with Gasteiger partial charge in [-0.3, -0.25) is 14.7 Å². The molecule has 0 radical (unpaired) electrons. The summed E-state index contributed by atoms with van der Waals surface area (Å²) in [6, 6.07) is 10.8. The molecule has 33 heavy (non-hydrogen) atoms. The van der Waals surface area contributed by atoms with Crippen molar-refractivity contribution >= 4 is 17.4 Å². The molecular formula is C26H36N6O. The number of carbonyl (C=O) groups excluding carboxylic acids is 1. The summed E-state index contributed by atoms with van der Waals surface area (Å²) in [5, 5.41) is 2.96. The molecule has 7 heteroatoms. The topological polar surface area (TPSA) is 64.6 Å². The molecule has 4 heterocycles. The zero-order valence-corrected chi connectivity index (χ0v) is 19.5. The molecule has 7 nitrogen and oxygen atoms in total. The fourth-order valence-corrected chi connectivity index (χ4v) is 5.78. The third-order valence-electron chi connectivity index (χ3n) is 7.61. The van der Waals surface area contributed by atoms with E-state index in [9.17, 15) is 4.79 Å².